The maximum absolute atomic E-state index is 12.2. The van der Waals surface area contributed by atoms with Crippen LogP contribution in [-0.4, -0.2) is 58.4 Å². The van der Waals surface area contributed by atoms with Crippen molar-refractivity contribution in [2.75, 3.05) is 26.3 Å². The summed E-state index contributed by atoms with van der Waals surface area (Å²) in [6.07, 6.45) is 2.31. The standard InChI is InChI=1S/C12H15NO5S/c14-6-4-13(5-7-15)12(18)11-9(3-8-19-11)1-2-10(16)17/h1-3,8,14-15H,4-7H2,(H,16,17)/b2-1+. The molecule has 19 heavy (non-hydrogen) atoms. The van der Waals surface area contributed by atoms with Gasteiger partial charge in [-0.05, 0) is 23.1 Å². The molecule has 104 valence electrons. The normalized spacial score (nSPS) is 10.8. The van der Waals surface area contributed by atoms with Gasteiger partial charge >= 0.3 is 5.97 Å². The molecule has 1 rings (SSSR count). The lowest BCUT2D eigenvalue weighted by Crippen LogP contribution is -2.35. The molecule has 0 saturated carbocycles. The lowest BCUT2D eigenvalue weighted by Gasteiger charge is -2.20. The number of carbonyl (C=O) groups excluding carboxylic acids is 1. The minimum absolute atomic E-state index is 0.124. The van der Waals surface area contributed by atoms with E-state index in [2.05, 4.69) is 0 Å². The Morgan fingerprint density at radius 1 is 1.26 bits per heavy atom. The summed E-state index contributed by atoms with van der Waals surface area (Å²) in [5, 5.41) is 28.0. The molecule has 7 heteroatoms. The molecule has 0 radical (unpaired) electrons. The van der Waals surface area contributed by atoms with Crippen molar-refractivity contribution in [3.8, 4) is 0 Å². The number of rotatable bonds is 7. The Hall–Kier alpha value is -1.70. The summed E-state index contributed by atoms with van der Waals surface area (Å²) in [6.45, 7) is -0.145. The predicted octanol–water partition coefficient (Wildman–Crippen LogP) is 0.273. The van der Waals surface area contributed by atoms with E-state index in [4.69, 9.17) is 15.3 Å². The number of hydrogen-bond donors (Lipinski definition) is 3. The maximum Gasteiger partial charge on any atom is 0.328 e. The number of aliphatic hydroxyl groups is 2. The summed E-state index contributed by atoms with van der Waals surface area (Å²) >= 11 is 1.19. The molecule has 0 saturated heterocycles. The van der Waals surface area contributed by atoms with Crippen LogP contribution in [0.25, 0.3) is 6.08 Å². The zero-order valence-electron chi connectivity index (χ0n) is 10.2. The first kappa shape index (κ1) is 15.4. The Kier molecular flexibility index (Phi) is 6.20. The number of thiophene rings is 1. The lowest BCUT2D eigenvalue weighted by molar-refractivity contribution is -0.131. The molecule has 0 atom stereocenters. The van der Waals surface area contributed by atoms with Crippen LogP contribution >= 0.6 is 11.3 Å². The quantitative estimate of drug-likeness (QED) is 0.625. The molecule has 1 aromatic rings. The van der Waals surface area contributed by atoms with E-state index < -0.39 is 5.97 Å². The topological polar surface area (TPSA) is 98.1 Å². The largest absolute Gasteiger partial charge is 0.478 e. The summed E-state index contributed by atoms with van der Waals surface area (Å²) in [5.74, 6) is -1.42. The summed E-state index contributed by atoms with van der Waals surface area (Å²) in [6, 6.07) is 1.65. The molecule has 0 bridgehead atoms. The molecule has 0 aromatic carbocycles. The Balaban J connectivity index is 2.92. The van der Waals surface area contributed by atoms with Gasteiger partial charge in [0.25, 0.3) is 5.91 Å². The van der Waals surface area contributed by atoms with E-state index in [9.17, 15) is 9.59 Å². The van der Waals surface area contributed by atoms with Crippen molar-refractivity contribution in [2.24, 2.45) is 0 Å². The van der Waals surface area contributed by atoms with Gasteiger partial charge in [0.05, 0.1) is 18.1 Å². The molecule has 0 aliphatic rings. The number of carbonyl (C=O) groups is 2. The van der Waals surface area contributed by atoms with Gasteiger partial charge < -0.3 is 20.2 Å². The second-order valence-corrected chi connectivity index (χ2v) is 4.53. The average Bonchev–Trinajstić information content (AvgIpc) is 2.83. The van der Waals surface area contributed by atoms with Crippen LogP contribution in [0.1, 0.15) is 15.2 Å². The van der Waals surface area contributed by atoms with Gasteiger partial charge in [0.1, 0.15) is 0 Å². The van der Waals surface area contributed by atoms with Crippen LogP contribution in [0.2, 0.25) is 0 Å². The zero-order valence-corrected chi connectivity index (χ0v) is 11.0. The van der Waals surface area contributed by atoms with E-state index in [-0.39, 0.29) is 32.2 Å². The summed E-state index contributed by atoms with van der Waals surface area (Å²) in [4.78, 5) is 24.4. The smallest absolute Gasteiger partial charge is 0.328 e. The number of carboxylic acid groups (broad SMARTS) is 1. The van der Waals surface area contributed by atoms with Crippen molar-refractivity contribution in [1.82, 2.24) is 4.90 Å². The lowest BCUT2D eigenvalue weighted by atomic mass is 10.2. The highest BCUT2D eigenvalue weighted by molar-refractivity contribution is 7.12. The number of hydrogen-bond acceptors (Lipinski definition) is 5. The van der Waals surface area contributed by atoms with E-state index >= 15 is 0 Å². The minimum atomic E-state index is -1.09. The van der Waals surface area contributed by atoms with Gasteiger partial charge in [-0.2, -0.15) is 0 Å². The summed E-state index contributed by atoms with van der Waals surface area (Å²) < 4.78 is 0. The van der Waals surface area contributed by atoms with Crippen molar-refractivity contribution < 1.29 is 24.9 Å². The third-order valence-electron chi connectivity index (χ3n) is 2.32. The molecule has 0 fully saturated rings. The van der Waals surface area contributed by atoms with Crippen LogP contribution in [0.3, 0.4) is 0 Å². The second kappa shape index (κ2) is 7.67. The molecular weight excluding hydrogens is 270 g/mol. The van der Waals surface area contributed by atoms with Crippen molar-refractivity contribution in [3.63, 3.8) is 0 Å². The van der Waals surface area contributed by atoms with Gasteiger partial charge in [0, 0.05) is 19.2 Å². The highest BCUT2D eigenvalue weighted by Crippen LogP contribution is 2.20. The average molecular weight is 285 g/mol. The van der Waals surface area contributed by atoms with E-state index in [1.165, 1.54) is 22.3 Å². The van der Waals surface area contributed by atoms with E-state index in [0.29, 0.717) is 10.4 Å². The number of amides is 1. The highest BCUT2D eigenvalue weighted by Gasteiger charge is 2.18. The first-order chi connectivity index (χ1) is 9.10. The number of aliphatic hydroxyl groups excluding tert-OH is 2. The molecule has 3 N–H and O–H groups in total. The molecular formula is C12H15NO5S. The van der Waals surface area contributed by atoms with Gasteiger partial charge in [-0.1, -0.05) is 0 Å². The monoisotopic (exact) mass is 285 g/mol. The summed E-state index contributed by atoms with van der Waals surface area (Å²) in [7, 11) is 0. The molecule has 0 spiro atoms. The van der Waals surface area contributed by atoms with Crippen LogP contribution < -0.4 is 0 Å². The van der Waals surface area contributed by atoms with Crippen LogP contribution in [0.4, 0.5) is 0 Å². The molecule has 1 aromatic heterocycles. The molecule has 6 nitrogen and oxygen atoms in total. The van der Waals surface area contributed by atoms with Gasteiger partial charge in [0.2, 0.25) is 0 Å². The Labute approximate surface area is 114 Å². The summed E-state index contributed by atoms with van der Waals surface area (Å²) in [5.41, 5.74) is 0.512. The molecule has 0 unspecified atom stereocenters. The van der Waals surface area contributed by atoms with Crippen molar-refractivity contribution >= 4 is 29.3 Å². The minimum Gasteiger partial charge on any atom is -0.478 e. The predicted molar refractivity (Wildman–Crippen MR) is 71.1 cm³/mol. The number of aliphatic carboxylic acids is 1. The van der Waals surface area contributed by atoms with Crippen LogP contribution in [-0.2, 0) is 4.79 Å². The van der Waals surface area contributed by atoms with E-state index in [1.54, 1.807) is 11.4 Å². The first-order valence-corrected chi connectivity index (χ1v) is 6.47. The molecule has 1 heterocycles. The third-order valence-corrected chi connectivity index (χ3v) is 3.24. The Morgan fingerprint density at radius 3 is 2.42 bits per heavy atom. The fourth-order valence-electron chi connectivity index (χ4n) is 1.49. The Bertz CT molecular complexity index is 462. The van der Waals surface area contributed by atoms with Gasteiger partial charge in [0.15, 0.2) is 0 Å². The fourth-order valence-corrected chi connectivity index (χ4v) is 2.34. The van der Waals surface area contributed by atoms with E-state index in [0.717, 1.165) is 6.08 Å². The number of carboxylic acids is 1. The van der Waals surface area contributed by atoms with Crippen molar-refractivity contribution in [3.05, 3.63) is 28.0 Å². The third kappa shape index (κ3) is 4.47. The van der Waals surface area contributed by atoms with E-state index in [1.807, 2.05) is 0 Å². The molecule has 1 amide bonds. The van der Waals surface area contributed by atoms with Crippen LogP contribution in [0.15, 0.2) is 17.5 Å². The van der Waals surface area contributed by atoms with Crippen LogP contribution in [0, 0.1) is 0 Å². The number of nitrogens with zero attached hydrogens (tertiary/aromatic N) is 1. The zero-order chi connectivity index (χ0) is 14.3. The first-order valence-electron chi connectivity index (χ1n) is 5.59. The maximum atomic E-state index is 12.2. The Morgan fingerprint density at radius 2 is 1.89 bits per heavy atom. The van der Waals surface area contributed by atoms with Crippen molar-refractivity contribution in [1.29, 1.82) is 0 Å². The van der Waals surface area contributed by atoms with Gasteiger partial charge in [-0.3, -0.25) is 4.79 Å². The molecule has 0 aliphatic carbocycles. The second-order valence-electron chi connectivity index (χ2n) is 3.62. The SMILES string of the molecule is O=C(O)/C=C/c1ccsc1C(=O)N(CCO)CCO. The highest BCUT2D eigenvalue weighted by atomic mass is 32.1. The van der Waals surface area contributed by atoms with Gasteiger partial charge in [-0.15, -0.1) is 11.3 Å². The van der Waals surface area contributed by atoms with Crippen molar-refractivity contribution in [2.45, 2.75) is 0 Å². The van der Waals surface area contributed by atoms with Gasteiger partial charge in [-0.25, -0.2) is 4.79 Å². The fraction of sp³-hybridized carbons (Fsp3) is 0.333. The molecule has 0 aliphatic heterocycles. The van der Waals surface area contributed by atoms with Crippen LogP contribution in [0.5, 0.6) is 0 Å².